The molecule has 2 rings (SSSR count). The quantitative estimate of drug-likeness (QED) is 0.800. The van der Waals surface area contributed by atoms with Gasteiger partial charge in [-0.15, -0.1) is 0 Å². The van der Waals surface area contributed by atoms with E-state index in [0.29, 0.717) is 0 Å². The van der Waals surface area contributed by atoms with Crippen LogP contribution in [0.1, 0.15) is 38.0 Å². The van der Waals surface area contributed by atoms with Crippen molar-refractivity contribution in [3.05, 3.63) is 41.0 Å². The van der Waals surface area contributed by atoms with Gasteiger partial charge in [-0.05, 0) is 31.2 Å². The summed E-state index contributed by atoms with van der Waals surface area (Å²) in [5.74, 6) is -1.86. The van der Waals surface area contributed by atoms with E-state index in [2.05, 4.69) is 0 Å². The Labute approximate surface area is 103 Å². The molecule has 0 aliphatic heterocycles. The standard InChI is InChI=1S/C13H10O5/c1-2-18-13(17)9-5-7-8(6-12(9)16)11(15)4-3-10(7)14/h3-6,16H,2H2,1H3. The van der Waals surface area contributed by atoms with Gasteiger partial charge in [0.2, 0.25) is 0 Å². The minimum Gasteiger partial charge on any atom is -0.507 e. The molecule has 0 heterocycles. The van der Waals surface area contributed by atoms with Gasteiger partial charge in [0.05, 0.1) is 6.61 Å². The Hall–Kier alpha value is -2.43. The van der Waals surface area contributed by atoms with Gasteiger partial charge in [0.25, 0.3) is 0 Å². The molecule has 1 aliphatic rings. The highest BCUT2D eigenvalue weighted by atomic mass is 16.5. The van der Waals surface area contributed by atoms with Crippen molar-refractivity contribution in [3.8, 4) is 5.75 Å². The summed E-state index contributed by atoms with van der Waals surface area (Å²) in [4.78, 5) is 34.7. The summed E-state index contributed by atoms with van der Waals surface area (Å²) in [5, 5.41) is 9.68. The molecule has 5 nitrogen and oxygen atoms in total. The Morgan fingerprint density at radius 2 is 1.72 bits per heavy atom. The van der Waals surface area contributed by atoms with Crippen LogP contribution in [-0.4, -0.2) is 29.2 Å². The van der Waals surface area contributed by atoms with E-state index in [-0.39, 0.29) is 40.6 Å². The van der Waals surface area contributed by atoms with Crippen molar-refractivity contribution >= 4 is 17.5 Å². The van der Waals surface area contributed by atoms with Crippen molar-refractivity contribution in [2.45, 2.75) is 6.92 Å². The number of allylic oxidation sites excluding steroid dienone is 2. The lowest BCUT2D eigenvalue weighted by atomic mass is 9.92. The number of hydrogen-bond acceptors (Lipinski definition) is 5. The largest absolute Gasteiger partial charge is 0.507 e. The summed E-state index contributed by atoms with van der Waals surface area (Å²) in [6.07, 6.45) is 2.27. The molecule has 0 bridgehead atoms. The Kier molecular flexibility index (Phi) is 2.97. The normalized spacial score (nSPS) is 13.4. The van der Waals surface area contributed by atoms with Gasteiger partial charge in [-0.3, -0.25) is 9.59 Å². The number of phenolic OH excluding ortho intramolecular Hbond substituents is 1. The topological polar surface area (TPSA) is 80.7 Å². The summed E-state index contributed by atoms with van der Waals surface area (Å²) in [5.41, 5.74) is 0.0726. The minimum absolute atomic E-state index is 0.0908. The van der Waals surface area contributed by atoms with E-state index in [1.165, 1.54) is 6.07 Å². The predicted molar refractivity (Wildman–Crippen MR) is 61.9 cm³/mol. The molecule has 0 saturated carbocycles. The van der Waals surface area contributed by atoms with Crippen molar-refractivity contribution in [3.63, 3.8) is 0 Å². The molecule has 0 atom stereocenters. The monoisotopic (exact) mass is 246 g/mol. The van der Waals surface area contributed by atoms with E-state index >= 15 is 0 Å². The average molecular weight is 246 g/mol. The second kappa shape index (κ2) is 4.44. The third-order valence-electron chi connectivity index (χ3n) is 2.55. The molecule has 0 aromatic heterocycles. The molecule has 1 aliphatic carbocycles. The molecule has 0 radical (unpaired) electrons. The minimum atomic E-state index is -0.729. The first-order chi connectivity index (χ1) is 8.54. The van der Waals surface area contributed by atoms with Crippen molar-refractivity contribution in [1.82, 2.24) is 0 Å². The molecule has 0 saturated heterocycles. The number of aromatic hydroxyl groups is 1. The molecule has 5 heteroatoms. The molecule has 0 amide bonds. The second-order valence-electron chi connectivity index (χ2n) is 3.70. The zero-order chi connectivity index (χ0) is 13.3. The molecule has 92 valence electrons. The van der Waals surface area contributed by atoms with Gasteiger partial charge in [-0.1, -0.05) is 0 Å². The van der Waals surface area contributed by atoms with Crippen LogP contribution in [-0.2, 0) is 4.74 Å². The molecule has 1 N–H and O–H groups in total. The lowest BCUT2D eigenvalue weighted by Gasteiger charge is -2.12. The zero-order valence-electron chi connectivity index (χ0n) is 9.60. The number of esters is 1. The lowest BCUT2D eigenvalue weighted by molar-refractivity contribution is 0.0522. The fraction of sp³-hybridized carbons (Fsp3) is 0.154. The van der Waals surface area contributed by atoms with Crippen LogP contribution in [0.2, 0.25) is 0 Å². The summed E-state index contributed by atoms with van der Waals surface area (Å²) in [7, 11) is 0. The number of ether oxygens (including phenoxy) is 1. The van der Waals surface area contributed by atoms with Gasteiger partial charge in [0.1, 0.15) is 11.3 Å². The summed E-state index contributed by atoms with van der Waals surface area (Å²) < 4.78 is 4.75. The third-order valence-corrected chi connectivity index (χ3v) is 2.55. The predicted octanol–water partition coefficient (Wildman–Crippen LogP) is 1.50. The number of rotatable bonds is 2. The van der Waals surface area contributed by atoms with E-state index in [9.17, 15) is 19.5 Å². The van der Waals surface area contributed by atoms with Crippen LogP contribution in [0, 0.1) is 0 Å². The van der Waals surface area contributed by atoms with E-state index < -0.39 is 5.97 Å². The molecular weight excluding hydrogens is 236 g/mol. The van der Waals surface area contributed by atoms with Crippen molar-refractivity contribution in [2.24, 2.45) is 0 Å². The van der Waals surface area contributed by atoms with E-state index in [1.807, 2.05) is 0 Å². The van der Waals surface area contributed by atoms with Crippen molar-refractivity contribution in [1.29, 1.82) is 0 Å². The highest BCUT2D eigenvalue weighted by Crippen LogP contribution is 2.26. The summed E-state index contributed by atoms with van der Waals surface area (Å²) >= 11 is 0. The van der Waals surface area contributed by atoms with E-state index in [1.54, 1.807) is 6.92 Å². The Morgan fingerprint density at radius 3 is 2.28 bits per heavy atom. The fourth-order valence-electron chi connectivity index (χ4n) is 1.70. The zero-order valence-corrected chi connectivity index (χ0v) is 9.60. The SMILES string of the molecule is CCOC(=O)c1cc2c(cc1O)C(=O)C=CC2=O. The number of carbonyl (C=O) groups excluding carboxylic acids is 3. The van der Waals surface area contributed by atoms with Gasteiger partial charge in [-0.2, -0.15) is 0 Å². The summed E-state index contributed by atoms with van der Waals surface area (Å²) in [6.45, 7) is 1.78. The van der Waals surface area contributed by atoms with Crippen LogP contribution in [0.4, 0.5) is 0 Å². The van der Waals surface area contributed by atoms with Crippen LogP contribution < -0.4 is 0 Å². The summed E-state index contributed by atoms with van der Waals surface area (Å²) in [6, 6.07) is 2.30. The first-order valence-electron chi connectivity index (χ1n) is 5.35. The van der Waals surface area contributed by atoms with E-state index in [0.717, 1.165) is 18.2 Å². The molecule has 0 fully saturated rings. The number of carbonyl (C=O) groups is 3. The highest BCUT2D eigenvalue weighted by molar-refractivity contribution is 6.22. The average Bonchev–Trinajstić information content (AvgIpc) is 2.34. The first kappa shape index (κ1) is 12.0. The number of fused-ring (bicyclic) bond motifs is 1. The molecule has 0 unspecified atom stereocenters. The Morgan fingerprint density at radius 1 is 1.17 bits per heavy atom. The fourth-order valence-corrected chi connectivity index (χ4v) is 1.70. The van der Waals surface area contributed by atoms with Crippen LogP contribution in [0.3, 0.4) is 0 Å². The smallest absolute Gasteiger partial charge is 0.341 e. The molecule has 18 heavy (non-hydrogen) atoms. The number of benzene rings is 1. The lowest BCUT2D eigenvalue weighted by Crippen LogP contribution is -2.14. The maximum atomic E-state index is 11.6. The molecule has 0 spiro atoms. The maximum absolute atomic E-state index is 11.6. The molecular formula is C13H10O5. The van der Waals surface area contributed by atoms with Crippen LogP contribution in [0.25, 0.3) is 0 Å². The number of ketones is 2. The number of hydrogen-bond donors (Lipinski definition) is 1. The molecule has 1 aromatic carbocycles. The Bertz CT molecular complexity index is 583. The van der Waals surface area contributed by atoms with Crippen LogP contribution >= 0.6 is 0 Å². The van der Waals surface area contributed by atoms with Gasteiger partial charge >= 0.3 is 5.97 Å². The van der Waals surface area contributed by atoms with Gasteiger partial charge in [0, 0.05) is 11.1 Å². The van der Waals surface area contributed by atoms with Crippen molar-refractivity contribution < 1.29 is 24.2 Å². The van der Waals surface area contributed by atoms with Gasteiger partial charge in [-0.25, -0.2) is 4.79 Å². The van der Waals surface area contributed by atoms with Gasteiger partial charge < -0.3 is 9.84 Å². The Balaban J connectivity index is 2.55. The third kappa shape index (κ3) is 1.90. The molecule has 1 aromatic rings. The number of phenols is 1. The van der Waals surface area contributed by atoms with E-state index in [4.69, 9.17) is 4.74 Å². The maximum Gasteiger partial charge on any atom is 0.341 e. The van der Waals surface area contributed by atoms with Crippen molar-refractivity contribution in [2.75, 3.05) is 6.61 Å². The van der Waals surface area contributed by atoms with Crippen LogP contribution in [0.15, 0.2) is 24.3 Å². The highest BCUT2D eigenvalue weighted by Gasteiger charge is 2.24. The van der Waals surface area contributed by atoms with Gasteiger partial charge in [0.15, 0.2) is 11.6 Å². The first-order valence-corrected chi connectivity index (χ1v) is 5.35. The van der Waals surface area contributed by atoms with Crippen LogP contribution in [0.5, 0.6) is 5.75 Å². The second-order valence-corrected chi connectivity index (χ2v) is 3.70.